The molecule has 32 heavy (non-hydrogen) atoms. The second kappa shape index (κ2) is 7.25. The summed E-state index contributed by atoms with van der Waals surface area (Å²) < 4.78 is 0. The lowest BCUT2D eigenvalue weighted by Gasteiger charge is -2.30. The van der Waals surface area contributed by atoms with E-state index < -0.39 is 29.5 Å². The predicted octanol–water partition coefficient (Wildman–Crippen LogP) is 1.65. The second-order valence-electron chi connectivity index (χ2n) is 9.17. The summed E-state index contributed by atoms with van der Waals surface area (Å²) >= 11 is 0. The van der Waals surface area contributed by atoms with Gasteiger partial charge in [0.1, 0.15) is 5.54 Å². The topological polar surface area (TPSA) is 98.7 Å². The average molecular weight is 434 g/mol. The molecule has 166 valence electrons. The molecule has 7 heteroatoms. The van der Waals surface area contributed by atoms with Gasteiger partial charge < -0.3 is 10.4 Å². The van der Waals surface area contributed by atoms with Gasteiger partial charge >= 0.3 is 0 Å². The standard InChI is InChI=1S/C25H27N3O4/c1-13-9-10-17-20(14(13)2)26-24(32)25(17)19-18(21(27-25)15(3)29)22(30)28(23(19)31)12-11-16-7-5-4-6-8-16/h4-10,15,18-19,21,27,29H,11-12H2,1-3H3,(H,26,32)/t15-,18+,19+,21-,25+/m1/s1. The Bertz CT molecular complexity index is 1130. The molecule has 7 nitrogen and oxygen atoms in total. The number of aliphatic hydroxyl groups excluding tert-OH is 1. The highest BCUT2D eigenvalue weighted by atomic mass is 16.3. The molecule has 0 aromatic heterocycles. The van der Waals surface area contributed by atoms with Gasteiger partial charge in [0, 0.05) is 23.8 Å². The third kappa shape index (κ3) is 2.71. The van der Waals surface area contributed by atoms with Crippen LogP contribution in [0.15, 0.2) is 42.5 Å². The number of anilines is 1. The van der Waals surface area contributed by atoms with E-state index in [0.29, 0.717) is 17.7 Å². The molecule has 0 saturated carbocycles. The van der Waals surface area contributed by atoms with Crippen LogP contribution in [0.4, 0.5) is 5.69 Å². The fraction of sp³-hybridized carbons (Fsp3) is 0.400. The second-order valence-corrected chi connectivity index (χ2v) is 9.17. The Labute approximate surface area is 186 Å². The number of aryl methyl sites for hydroxylation is 1. The minimum absolute atomic E-state index is 0.249. The largest absolute Gasteiger partial charge is 0.392 e. The molecule has 5 atom stereocenters. The number of hydrogen-bond acceptors (Lipinski definition) is 5. The van der Waals surface area contributed by atoms with E-state index in [1.165, 1.54) is 4.90 Å². The molecule has 1 spiro atoms. The molecule has 3 N–H and O–H groups in total. The van der Waals surface area contributed by atoms with E-state index in [4.69, 9.17) is 0 Å². The Morgan fingerprint density at radius 1 is 1.06 bits per heavy atom. The van der Waals surface area contributed by atoms with Gasteiger partial charge in [-0.2, -0.15) is 0 Å². The van der Waals surface area contributed by atoms with Crippen LogP contribution in [0.1, 0.15) is 29.2 Å². The molecule has 0 aliphatic carbocycles. The summed E-state index contributed by atoms with van der Waals surface area (Å²) in [6, 6.07) is 12.8. The van der Waals surface area contributed by atoms with E-state index in [0.717, 1.165) is 16.7 Å². The number of fused-ring (bicyclic) bond motifs is 4. The molecule has 3 amide bonds. The number of nitrogens with one attached hydrogen (secondary N) is 2. The summed E-state index contributed by atoms with van der Waals surface area (Å²) in [6.45, 7) is 5.73. The first kappa shape index (κ1) is 20.8. The first-order chi connectivity index (χ1) is 15.3. The molecule has 2 aromatic carbocycles. The predicted molar refractivity (Wildman–Crippen MR) is 119 cm³/mol. The molecular weight excluding hydrogens is 406 g/mol. The van der Waals surface area contributed by atoms with Crippen molar-refractivity contribution in [3.63, 3.8) is 0 Å². The van der Waals surface area contributed by atoms with Gasteiger partial charge in [-0.3, -0.25) is 24.6 Å². The minimum atomic E-state index is -1.37. The molecule has 0 unspecified atom stereocenters. The fourth-order valence-corrected chi connectivity index (χ4v) is 5.63. The zero-order valence-electron chi connectivity index (χ0n) is 18.4. The molecular formula is C25H27N3O4. The van der Waals surface area contributed by atoms with Crippen LogP contribution in [-0.4, -0.2) is 46.4 Å². The van der Waals surface area contributed by atoms with Gasteiger partial charge in [0.15, 0.2) is 0 Å². The van der Waals surface area contributed by atoms with Gasteiger partial charge in [-0.1, -0.05) is 42.5 Å². The number of likely N-dealkylation sites (tertiary alicyclic amines) is 1. The number of hydrogen-bond donors (Lipinski definition) is 3. The van der Waals surface area contributed by atoms with Crippen molar-refractivity contribution in [3.05, 3.63) is 64.7 Å². The highest BCUT2D eigenvalue weighted by Crippen LogP contribution is 2.54. The van der Waals surface area contributed by atoms with Gasteiger partial charge in [-0.05, 0) is 43.9 Å². The molecule has 5 rings (SSSR count). The zero-order chi connectivity index (χ0) is 22.8. The zero-order valence-corrected chi connectivity index (χ0v) is 18.4. The average Bonchev–Trinajstić information content (AvgIpc) is 3.36. The summed E-state index contributed by atoms with van der Waals surface area (Å²) in [7, 11) is 0. The lowest BCUT2D eigenvalue weighted by molar-refractivity contribution is -0.143. The quantitative estimate of drug-likeness (QED) is 0.637. The van der Waals surface area contributed by atoms with Gasteiger partial charge in [0.25, 0.3) is 0 Å². The van der Waals surface area contributed by atoms with Gasteiger partial charge in [-0.25, -0.2) is 0 Å². The van der Waals surface area contributed by atoms with E-state index in [2.05, 4.69) is 10.6 Å². The molecule has 2 fully saturated rings. The molecule has 0 bridgehead atoms. The molecule has 3 heterocycles. The first-order valence-electron chi connectivity index (χ1n) is 11.0. The number of amides is 3. The molecule has 3 aliphatic rings. The lowest BCUT2D eigenvalue weighted by atomic mass is 9.76. The molecule has 0 radical (unpaired) electrons. The number of nitrogens with zero attached hydrogens (tertiary/aromatic N) is 1. The van der Waals surface area contributed by atoms with E-state index >= 15 is 0 Å². The van der Waals surface area contributed by atoms with Crippen molar-refractivity contribution in [1.82, 2.24) is 10.2 Å². The van der Waals surface area contributed by atoms with Crippen molar-refractivity contribution < 1.29 is 19.5 Å². The Hall–Kier alpha value is -3.03. The summed E-state index contributed by atoms with van der Waals surface area (Å²) in [4.78, 5) is 41.8. The highest BCUT2D eigenvalue weighted by Gasteiger charge is 2.71. The molecule has 2 saturated heterocycles. The molecule has 3 aliphatic heterocycles. The van der Waals surface area contributed by atoms with Crippen LogP contribution in [0.3, 0.4) is 0 Å². The third-order valence-electron chi connectivity index (χ3n) is 7.43. The van der Waals surface area contributed by atoms with E-state index in [1.54, 1.807) is 6.92 Å². The van der Waals surface area contributed by atoms with Crippen LogP contribution < -0.4 is 10.6 Å². The Morgan fingerprint density at radius 2 is 1.78 bits per heavy atom. The van der Waals surface area contributed by atoms with Crippen LogP contribution in [0.25, 0.3) is 0 Å². The maximum Gasteiger partial charge on any atom is 0.250 e. The van der Waals surface area contributed by atoms with E-state index in [1.807, 2.05) is 56.3 Å². The highest BCUT2D eigenvalue weighted by molar-refractivity contribution is 6.15. The van der Waals surface area contributed by atoms with Crippen molar-refractivity contribution in [2.24, 2.45) is 11.8 Å². The van der Waals surface area contributed by atoms with Crippen molar-refractivity contribution >= 4 is 23.4 Å². The van der Waals surface area contributed by atoms with Crippen LogP contribution in [0.2, 0.25) is 0 Å². The maximum absolute atomic E-state index is 13.7. The Kier molecular flexibility index (Phi) is 4.72. The van der Waals surface area contributed by atoms with Gasteiger partial charge in [0.2, 0.25) is 17.7 Å². The fourth-order valence-electron chi connectivity index (χ4n) is 5.63. The summed E-state index contributed by atoms with van der Waals surface area (Å²) in [5.74, 6) is -2.71. The van der Waals surface area contributed by atoms with Gasteiger partial charge in [0.05, 0.1) is 17.9 Å². The first-order valence-corrected chi connectivity index (χ1v) is 11.0. The van der Waals surface area contributed by atoms with Crippen LogP contribution in [0.5, 0.6) is 0 Å². The smallest absolute Gasteiger partial charge is 0.250 e. The minimum Gasteiger partial charge on any atom is -0.392 e. The number of rotatable bonds is 4. The lowest BCUT2D eigenvalue weighted by Crippen LogP contribution is -2.55. The van der Waals surface area contributed by atoms with Gasteiger partial charge in [-0.15, -0.1) is 0 Å². The number of carbonyl (C=O) groups is 3. The normalized spacial score (nSPS) is 29.4. The molecule has 2 aromatic rings. The Morgan fingerprint density at radius 3 is 2.47 bits per heavy atom. The van der Waals surface area contributed by atoms with Crippen molar-refractivity contribution in [1.29, 1.82) is 0 Å². The number of aliphatic hydroxyl groups is 1. The SMILES string of the molecule is Cc1ccc2c(c1C)NC(=O)[C@]21N[C@H]([C@@H](C)O)[C@H]2C(=O)N(CCc3ccccc3)C(=O)[C@H]21. The van der Waals surface area contributed by atoms with Crippen LogP contribution in [-0.2, 0) is 26.3 Å². The Balaban J connectivity index is 1.57. The number of imide groups is 1. The summed E-state index contributed by atoms with van der Waals surface area (Å²) in [5, 5.41) is 16.7. The van der Waals surface area contributed by atoms with E-state index in [9.17, 15) is 19.5 Å². The number of carbonyl (C=O) groups excluding carboxylic acids is 3. The number of benzene rings is 2. The summed E-state index contributed by atoms with van der Waals surface area (Å²) in [6.07, 6.45) is -0.366. The van der Waals surface area contributed by atoms with Crippen LogP contribution in [0, 0.1) is 25.7 Å². The monoisotopic (exact) mass is 433 g/mol. The van der Waals surface area contributed by atoms with Crippen molar-refractivity contribution in [2.45, 2.75) is 44.9 Å². The maximum atomic E-state index is 13.7. The van der Waals surface area contributed by atoms with Crippen molar-refractivity contribution in [2.75, 3.05) is 11.9 Å². The third-order valence-corrected chi connectivity index (χ3v) is 7.43. The van der Waals surface area contributed by atoms with Crippen molar-refractivity contribution in [3.8, 4) is 0 Å². The van der Waals surface area contributed by atoms with E-state index in [-0.39, 0.29) is 24.3 Å². The summed E-state index contributed by atoms with van der Waals surface area (Å²) in [5.41, 5.74) is 2.99. The van der Waals surface area contributed by atoms with Crippen LogP contribution >= 0.6 is 0 Å².